The number of carbonyl (C=O) groups excluding carboxylic acids is 1. The summed E-state index contributed by atoms with van der Waals surface area (Å²) < 4.78 is 10.9. The zero-order chi connectivity index (χ0) is 24.4. The van der Waals surface area contributed by atoms with E-state index in [2.05, 4.69) is 26.8 Å². The summed E-state index contributed by atoms with van der Waals surface area (Å²) in [5.74, 6) is 2.28. The standard InChI is InChI=1S/C27H29N5O3/c1-4-20-21-15-19(27(33)32-13-11-31(12-14-32)25-17-28-9-10-29-25)5-7-22(21)30-26(20)18-6-8-23(34-2)24(16-18)35-3/h5-10,15-17,30H,4,11-14H2,1-3H3. The molecule has 180 valence electrons. The van der Waals surface area contributed by atoms with Crippen molar-refractivity contribution in [1.82, 2.24) is 19.9 Å². The summed E-state index contributed by atoms with van der Waals surface area (Å²) in [7, 11) is 3.27. The minimum atomic E-state index is 0.0571. The number of aryl methyl sites for hydroxylation is 1. The Labute approximate surface area is 204 Å². The molecule has 1 aliphatic heterocycles. The van der Waals surface area contributed by atoms with Crippen LogP contribution >= 0.6 is 0 Å². The molecule has 0 spiro atoms. The molecule has 1 fully saturated rings. The van der Waals surface area contributed by atoms with Gasteiger partial charge in [-0.2, -0.15) is 0 Å². The van der Waals surface area contributed by atoms with Crippen LogP contribution in [0.15, 0.2) is 55.0 Å². The van der Waals surface area contributed by atoms with Crippen LogP contribution in [0.4, 0.5) is 5.82 Å². The fourth-order valence-corrected chi connectivity index (χ4v) is 4.76. The lowest BCUT2D eigenvalue weighted by Crippen LogP contribution is -2.49. The molecule has 8 nitrogen and oxygen atoms in total. The van der Waals surface area contributed by atoms with Gasteiger partial charge in [0.2, 0.25) is 0 Å². The first-order chi connectivity index (χ1) is 17.1. The quantitative estimate of drug-likeness (QED) is 0.455. The summed E-state index contributed by atoms with van der Waals surface area (Å²) in [6.07, 6.45) is 5.96. The topological polar surface area (TPSA) is 83.6 Å². The molecule has 1 N–H and O–H groups in total. The van der Waals surface area contributed by atoms with Crippen LogP contribution in [0.2, 0.25) is 0 Å². The van der Waals surface area contributed by atoms with E-state index in [9.17, 15) is 4.79 Å². The first-order valence-corrected chi connectivity index (χ1v) is 11.8. The molecule has 1 amide bonds. The predicted octanol–water partition coefficient (Wildman–Crippen LogP) is 4.17. The number of hydrogen-bond donors (Lipinski definition) is 1. The molecule has 1 saturated heterocycles. The maximum Gasteiger partial charge on any atom is 0.253 e. The van der Waals surface area contributed by atoms with Crippen molar-refractivity contribution in [3.63, 3.8) is 0 Å². The summed E-state index contributed by atoms with van der Waals surface area (Å²) in [5, 5.41) is 1.07. The monoisotopic (exact) mass is 471 g/mol. The second kappa shape index (κ2) is 9.66. The van der Waals surface area contributed by atoms with Crippen molar-refractivity contribution in [3.05, 3.63) is 66.1 Å². The molecule has 0 unspecified atom stereocenters. The van der Waals surface area contributed by atoms with Crippen molar-refractivity contribution in [2.45, 2.75) is 13.3 Å². The fraction of sp³-hybridized carbons (Fsp3) is 0.296. The Morgan fingerprint density at radius 1 is 1.00 bits per heavy atom. The highest BCUT2D eigenvalue weighted by Crippen LogP contribution is 2.36. The van der Waals surface area contributed by atoms with Gasteiger partial charge in [-0.25, -0.2) is 4.98 Å². The van der Waals surface area contributed by atoms with Crippen molar-refractivity contribution >= 4 is 22.6 Å². The van der Waals surface area contributed by atoms with Crippen molar-refractivity contribution in [2.24, 2.45) is 0 Å². The summed E-state index contributed by atoms with van der Waals surface area (Å²) in [6, 6.07) is 11.8. The van der Waals surface area contributed by atoms with Crippen LogP contribution in [0.1, 0.15) is 22.8 Å². The lowest BCUT2D eigenvalue weighted by Gasteiger charge is -2.35. The van der Waals surface area contributed by atoms with Gasteiger partial charge in [-0.1, -0.05) is 6.92 Å². The van der Waals surface area contributed by atoms with Gasteiger partial charge >= 0.3 is 0 Å². The van der Waals surface area contributed by atoms with Crippen molar-refractivity contribution in [2.75, 3.05) is 45.3 Å². The molecule has 0 radical (unpaired) electrons. The Kier molecular flexibility index (Phi) is 6.27. The predicted molar refractivity (Wildman–Crippen MR) is 136 cm³/mol. The van der Waals surface area contributed by atoms with E-state index in [1.165, 1.54) is 5.56 Å². The molecule has 2 aromatic heterocycles. The minimum Gasteiger partial charge on any atom is -0.493 e. The van der Waals surface area contributed by atoms with Gasteiger partial charge in [0.15, 0.2) is 11.5 Å². The van der Waals surface area contributed by atoms with Crippen LogP contribution in [0.25, 0.3) is 22.2 Å². The molecule has 1 aliphatic rings. The lowest BCUT2D eigenvalue weighted by molar-refractivity contribution is 0.0746. The highest BCUT2D eigenvalue weighted by atomic mass is 16.5. The zero-order valence-corrected chi connectivity index (χ0v) is 20.2. The number of nitrogens with one attached hydrogen (secondary N) is 1. The molecular weight excluding hydrogens is 442 g/mol. The number of hydrogen-bond acceptors (Lipinski definition) is 6. The third-order valence-electron chi connectivity index (χ3n) is 6.62. The summed E-state index contributed by atoms with van der Waals surface area (Å²) in [5.41, 5.74) is 4.94. The minimum absolute atomic E-state index is 0.0571. The van der Waals surface area contributed by atoms with Gasteiger partial charge < -0.3 is 24.3 Å². The molecular formula is C27H29N5O3. The van der Waals surface area contributed by atoms with Gasteiger partial charge in [-0.15, -0.1) is 0 Å². The summed E-state index contributed by atoms with van der Waals surface area (Å²) >= 11 is 0. The van der Waals surface area contributed by atoms with Gasteiger partial charge in [-0.05, 0) is 48.4 Å². The van der Waals surface area contributed by atoms with Gasteiger partial charge in [0.1, 0.15) is 5.82 Å². The Bertz CT molecular complexity index is 1340. The van der Waals surface area contributed by atoms with Crippen molar-refractivity contribution < 1.29 is 14.3 Å². The second-order valence-electron chi connectivity index (χ2n) is 8.51. The van der Waals surface area contributed by atoms with E-state index in [1.54, 1.807) is 32.8 Å². The highest BCUT2D eigenvalue weighted by molar-refractivity contribution is 6.00. The van der Waals surface area contributed by atoms with Crippen LogP contribution in [0, 0.1) is 0 Å². The molecule has 5 rings (SSSR count). The van der Waals surface area contributed by atoms with E-state index in [4.69, 9.17) is 9.47 Å². The van der Waals surface area contributed by atoms with E-state index in [0.717, 1.165) is 47.5 Å². The van der Waals surface area contributed by atoms with E-state index >= 15 is 0 Å². The van der Waals surface area contributed by atoms with Crippen LogP contribution < -0.4 is 14.4 Å². The number of amides is 1. The van der Waals surface area contributed by atoms with Crippen LogP contribution in [0.3, 0.4) is 0 Å². The number of fused-ring (bicyclic) bond motifs is 1. The molecule has 4 aromatic rings. The third kappa shape index (κ3) is 4.27. The van der Waals surface area contributed by atoms with Crippen molar-refractivity contribution in [3.8, 4) is 22.8 Å². The second-order valence-corrected chi connectivity index (χ2v) is 8.51. The molecule has 0 atom stereocenters. The van der Waals surface area contributed by atoms with Crippen LogP contribution in [0.5, 0.6) is 11.5 Å². The van der Waals surface area contributed by atoms with Gasteiger partial charge in [0, 0.05) is 66.3 Å². The zero-order valence-electron chi connectivity index (χ0n) is 20.2. The smallest absolute Gasteiger partial charge is 0.253 e. The molecule has 8 heteroatoms. The number of anilines is 1. The van der Waals surface area contributed by atoms with Crippen LogP contribution in [-0.2, 0) is 6.42 Å². The SMILES string of the molecule is CCc1c(-c2ccc(OC)c(OC)c2)[nH]c2ccc(C(=O)N3CCN(c4cnccn4)CC3)cc12. The van der Waals surface area contributed by atoms with Gasteiger partial charge in [0.25, 0.3) is 5.91 Å². The van der Waals surface area contributed by atoms with E-state index in [0.29, 0.717) is 30.2 Å². The first kappa shape index (κ1) is 22.7. The third-order valence-corrected chi connectivity index (χ3v) is 6.62. The Hall–Kier alpha value is -4.07. The number of piperazine rings is 1. The van der Waals surface area contributed by atoms with Crippen LogP contribution in [-0.4, -0.2) is 66.2 Å². The maximum atomic E-state index is 13.4. The molecule has 0 bridgehead atoms. The van der Waals surface area contributed by atoms with E-state index in [1.807, 2.05) is 41.3 Å². The number of nitrogens with zero attached hydrogens (tertiary/aromatic N) is 4. The summed E-state index contributed by atoms with van der Waals surface area (Å²) in [4.78, 5) is 29.5. The molecule has 3 heterocycles. The molecule has 0 saturated carbocycles. The van der Waals surface area contributed by atoms with Crippen molar-refractivity contribution in [1.29, 1.82) is 0 Å². The molecule has 35 heavy (non-hydrogen) atoms. The number of methoxy groups -OCH3 is 2. The average molecular weight is 472 g/mol. The number of benzene rings is 2. The summed E-state index contributed by atoms with van der Waals surface area (Å²) in [6.45, 7) is 4.91. The Morgan fingerprint density at radius 2 is 1.80 bits per heavy atom. The first-order valence-electron chi connectivity index (χ1n) is 11.8. The Morgan fingerprint density at radius 3 is 2.49 bits per heavy atom. The van der Waals surface area contributed by atoms with E-state index < -0.39 is 0 Å². The van der Waals surface area contributed by atoms with Gasteiger partial charge in [0.05, 0.1) is 20.4 Å². The largest absolute Gasteiger partial charge is 0.493 e. The highest BCUT2D eigenvalue weighted by Gasteiger charge is 2.24. The van der Waals surface area contributed by atoms with Gasteiger partial charge in [-0.3, -0.25) is 9.78 Å². The molecule has 2 aromatic carbocycles. The number of H-pyrrole nitrogens is 1. The number of aromatic amines is 1. The number of rotatable bonds is 6. The van der Waals surface area contributed by atoms with E-state index in [-0.39, 0.29) is 5.91 Å². The fourth-order valence-electron chi connectivity index (χ4n) is 4.76. The molecule has 0 aliphatic carbocycles. The number of aromatic nitrogens is 3. The maximum absolute atomic E-state index is 13.4. The average Bonchev–Trinajstić information content (AvgIpc) is 3.30. The normalized spacial score (nSPS) is 13.8. The number of carbonyl (C=O) groups is 1. The Balaban J connectivity index is 1.40. The number of ether oxygens (including phenoxy) is 2. The lowest BCUT2D eigenvalue weighted by atomic mass is 10.0.